The van der Waals surface area contributed by atoms with Crippen LogP contribution in [0, 0.1) is 0 Å². The zero-order valence-electron chi connectivity index (χ0n) is 6.20. The molecular formula is C8H7BrN2O. The van der Waals surface area contributed by atoms with Gasteiger partial charge >= 0.3 is 0 Å². The Hall–Kier alpha value is -0.870. The monoisotopic (exact) mass is 226 g/mol. The normalized spacial score (nSPS) is 21.8. The van der Waals surface area contributed by atoms with E-state index < -0.39 is 0 Å². The van der Waals surface area contributed by atoms with E-state index in [1.54, 1.807) is 6.20 Å². The molecule has 0 bridgehead atoms. The van der Waals surface area contributed by atoms with Crippen molar-refractivity contribution in [2.45, 2.75) is 6.10 Å². The Balaban J connectivity index is 2.22. The Morgan fingerprint density at radius 3 is 3.00 bits per heavy atom. The van der Waals surface area contributed by atoms with Crippen molar-refractivity contribution in [3.05, 3.63) is 40.8 Å². The van der Waals surface area contributed by atoms with Crippen LogP contribution in [-0.2, 0) is 4.84 Å². The molecule has 0 fully saturated rings. The SMILES string of the molecule is BrC1=CC(c2ccccn2)ON1. The number of hydroxylamine groups is 1. The highest BCUT2D eigenvalue weighted by Gasteiger charge is 2.16. The number of pyridine rings is 1. The van der Waals surface area contributed by atoms with Crippen molar-refractivity contribution in [1.29, 1.82) is 0 Å². The molecule has 1 unspecified atom stereocenters. The lowest BCUT2D eigenvalue weighted by Gasteiger charge is -2.04. The lowest BCUT2D eigenvalue weighted by atomic mass is 10.2. The van der Waals surface area contributed by atoms with Gasteiger partial charge in [0.2, 0.25) is 0 Å². The van der Waals surface area contributed by atoms with E-state index >= 15 is 0 Å². The first-order chi connectivity index (χ1) is 5.86. The minimum absolute atomic E-state index is 0.0828. The zero-order chi connectivity index (χ0) is 8.39. The highest BCUT2D eigenvalue weighted by atomic mass is 79.9. The third-order valence-corrected chi connectivity index (χ3v) is 1.99. The fourth-order valence-electron chi connectivity index (χ4n) is 1.01. The lowest BCUT2D eigenvalue weighted by Crippen LogP contribution is -2.06. The molecule has 0 radical (unpaired) electrons. The number of rotatable bonds is 1. The minimum atomic E-state index is -0.0828. The number of halogens is 1. The van der Waals surface area contributed by atoms with Crippen LogP contribution in [0.5, 0.6) is 0 Å². The second-order valence-electron chi connectivity index (χ2n) is 2.41. The van der Waals surface area contributed by atoms with Crippen molar-refractivity contribution < 1.29 is 4.84 Å². The fourth-order valence-corrected chi connectivity index (χ4v) is 1.34. The van der Waals surface area contributed by atoms with E-state index in [9.17, 15) is 0 Å². The van der Waals surface area contributed by atoms with Gasteiger partial charge in [0.25, 0.3) is 0 Å². The maximum absolute atomic E-state index is 5.20. The highest BCUT2D eigenvalue weighted by molar-refractivity contribution is 9.11. The smallest absolute Gasteiger partial charge is 0.148 e. The fraction of sp³-hybridized carbons (Fsp3) is 0.125. The molecule has 0 amide bonds. The molecule has 1 aliphatic rings. The van der Waals surface area contributed by atoms with Crippen molar-refractivity contribution in [3.63, 3.8) is 0 Å². The number of hydrogen-bond donors (Lipinski definition) is 1. The van der Waals surface area contributed by atoms with E-state index in [2.05, 4.69) is 26.4 Å². The number of aromatic nitrogens is 1. The van der Waals surface area contributed by atoms with Crippen LogP contribution in [-0.4, -0.2) is 4.98 Å². The average Bonchev–Trinajstić information content (AvgIpc) is 2.54. The summed E-state index contributed by atoms with van der Waals surface area (Å²) in [6, 6.07) is 5.74. The summed E-state index contributed by atoms with van der Waals surface area (Å²) in [5.41, 5.74) is 3.61. The van der Waals surface area contributed by atoms with Crippen LogP contribution >= 0.6 is 15.9 Å². The van der Waals surface area contributed by atoms with E-state index in [0.717, 1.165) is 10.3 Å². The Bertz CT molecular complexity index is 299. The van der Waals surface area contributed by atoms with Gasteiger partial charge in [0, 0.05) is 6.20 Å². The summed E-state index contributed by atoms with van der Waals surface area (Å²) in [5, 5.41) is 0. The molecule has 1 aliphatic heterocycles. The molecule has 2 heterocycles. The summed E-state index contributed by atoms with van der Waals surface area (Å²) in [5.74, 6) is 0. The summed E-state index contributed by atoms with van der Waals surface area (Å²) in [7, 11) is 0. The van der Waals surface area contributed by atoms with Gasteiger partial charge < -0.3 is 0 Å². The van der Waals surface area contributed by atoms with Crippen molar-refractivity contribution in [2.24, 2.45) is 0 Å². The molecule has 0 saturated heterocycles. The third-order valence-electron chi connectivity index (χ3n) is 1.56. The van der Waals surface area contributed by atoms with Gasteiger partial charge in [0.15, 0.2) is 0 Å². The van der Waals surface area contributed by atoms with Crippen LogP contribution in [0.3, 0.4) is 0 Å². The van der Waals surface area contributed by atoms with Gasteiger partial charge in [-0.05, 0) is 34.1 Å². The first-order valence-corrected chi connectivity index (χ1v) is 4.35. The first-order valence-electron chi connectivity index (χ1n) is 3.56. The molecule has 0 spiro atoms. The van der Waals surface area contributed by atoms with E-state index in [1.165, 1.54) is 0 Å². The zero-order valence-corrected chi connectivity index (χ0v) is 7.78. The average molecular weight is 227 g/mol. The molecule has 12 heavy (non-hydrogen) atoms. The van der Waals surface area contributed by atoms with Gasteiger partial charge in [-0.3, -0.25) is 15.3 Å². The first kappa shape index (κ1) is 7.76. The lowest BCUT2D eigenvalue weighted by molar-refractivity contribution is 0.0434. The van der Waals surface area contributed by atoms with E-state index in [1.807, 2.05) is 24.3 Å². The van der Waals surface area contributed by atoms with Gasteiger partial charge in [-0.2, -0.15) is 0 Å². The van der Waals surface area contributed by atoms with Crippen molar-refractivity contribution >= 4 is 15.9 Å². The summed E-state index contributed by atoms with van der Waals surface area (Å²) >= 11 is 3.27. The molecular weight excluding hydrogens is 220 g/mol. The minimum Gasteiger partial charge on any atom is -0.262 e. The number of nitrogens with zero attached hydrogens (tertiary/aromatic N) is 1. The van der Waals surface area contributed by atoms with Gasteiger partial charge in [0.05, 0.1) is 5.69 Å². The molecule has 62 valence electrons. The quantitative estimate of drug-likeness (QED) is 0.744. The molecule has 0 saturated carbocycles. The molecule has 1 atom stereocenters. The van der Waals surface area contributed by atoms with Crippen LogP contribution in [0.4, 0.5) is 0 Å². The van der Waals surface area contributed by atoms with E-state index in [0.29, 0.717) is 0 Å². The third kappa shape index (κ3) is 1.49. The second kappa shape index (κ2) is 3.25. The summed E-state index contributed by atoms with van der Waals surface area (Å²) in [6.07, 6.45) is 3.58. The standard InChI is InChI=1S/C8H7BrN2O/c9-8-5-7(12-11-8)6-3-1-2-4-10-6/h1-5,7,11H. The van der Waals surface area contributed by atoms with Crippen LogP contribution in [0.2, 0.25) is 0 Å². The van der Waals surface area contributed by atoms with Crippen LogP contribution in [0.1, 0.15) is 11.8 Å². The molecule has 1 aromatic rings. The molecule has 4 heteroatoms. The summed E-state index contributed by atoms with van der Waals surface area (Å²) in [4.78, 5) is 9.36. The van der Waals surface area contributed by atoms with E-state index in [4.69, 9.17) is 4.84 Å². The van der Waals surface area contributed by atoms with Crippen LogP contribution in [0.25, 0.3) is 0 Å². The van der Waals surface area contributed by atoms with Crippen molar-refractivity contribution in [2.75, 3.05) is 0 Å². The van der Waals surface area contributed by atoms with Crippen molar-refractivity contribution in [1.82, 2.24) is 10.5 Å². The molecule has 3 nitrogen and oxygen atoms in total. The molecule has 1 aromatic heterocycles. The summed E-state index contributed by atoms with van der Waals surface area (Å²) < 4.78 is 0.846. The Morgan fingerprint density at radius 2 is 2.42 bits per heavy atom. The van der Waals surface area contributed by atoms with Crippen molar-refractivity contribution in [3.8, 4) is 0 Å². The molecule has 0 aliphatic carbocycles. The largest absolute Gasteiger partial charge is 0.262 e. The van der Waals surface area contributed by atoms with Gasteiger partial charge in [0.1, 0.15) is 10.7 Å². The molecule has 1 N–H and O–H groups in total. The van der Waals surface area contributed by atoms with Crippen LogP contribution < -0.4 is 5.48 Å². The van der Waals surface area contributed by atoms with Gasteiger partial charge in [-0.1, -0.05) is 6.07 Å². The van der Waals surface area contributed by atoms with E-state index in [-0.39, 0.29) is 6.10 Å². The molecule has 0 aromatic carbocycles. The second-order valence-corrected chi connectivity index (χ2v) is 3.26. The Kier molecular flexibility index (Phi) is 2.10. The molecule has 2 rings (SSSR count). The van der Waals surface area contributed by atoms with Gasteiger partial charge in [-0.25, -0.2) is 0 Å². The number of hydrogen-bond acceptors (Lipinski definition) is 3. The highest BCUT2D eigenvalue weighted by Crippen LogP contribution is 2.23. The predicted molar refractivity (Wildman–Crippen MR) is 48.2 cm³/mol. The maximum Gasteiger partial charge on any atom is 0.148 e. The number of nitrogens with one attached hydrogen (secondary N) is 1. The van der Waals surface area contributed by atoms with Crippen LogP contribution in [0.15, 0.2) is 35.1 Å². The topological polar surface area (TPSA) is 34.1 Å². The Morgan fingerprint density at radius 1 is 1.50 bits per heavy atom. The summed E-state index contributed by atoms with van der Waals surface area (Å²) in [6.45, 7) is 0. The van der Waals surface area contributed by atoms with Gasteiger partial charge in [-0.15, -0.1) is 0 Å². The Labute approximate surface area is 78.5 Å². The predicted octanol–water partition coefficient (Wildman–Crippen LogP) is 1.89. The maximum atomic E-state index is 5.20.